The van der Waals surface area contributed by atoms with Crippen LogP contribution in [-0.2, 0) is 16.0 Å². The zero-order valence-corrected chi connectivity index (χ0v) is 13.1. The monoisotopic (exact) mass is 336 g/mol. The van der Waals surface area contributed by atoms with Crippen molar-refractivity contribution >= 4 is 39.9 Å². The number of nitrogens with one attached hydrogen (secondary N) is 1. The van der Waals surface area contributed by atoms with Gasteiger partial charge in [-0.15, -0.1) is 11.3 Å². The molecule has 3 rings (SSSR count). The van der Waals surface area contributed by atoms with Gasteiger partial charge in [-0.1, -0.05) is 23.7 Å². The highest BCUT2D eigenvalue weighted by Gasteiger charge is 2.30. The van der Waals surface area contributed by atoms with E-state index in [9.17, 15) is 9.59 Å². The lowest BCUT2D eigenvalue weighted by atomic mass is 10.1. The van der Waals surface area contributed by atoms with E-state index in [-0.39, 0.29) is 18.2 Å². The van der Waals surface area contributed by atoms with Gasteiger partial charge in [0.1, 0.15) is 0 Å². The maximum absolute atomic E-state index is 11.8. The summed E-state index contributed by atoms with van der Waals surface area (Å²) >= 11 is 7.07. The quantitative estimate of drug-likeness (QED) is 0.876. The Morgan fingerprint density at radius 3 is 2.59 bits per heavy atom. The van der Waals surface area contributed by atoms with Crippen molar-refractivity contribution in [2.24, 2.45) is 5.92 Å². The summed E-state index contributed by atoms with van der Waals surface area (Å²) in [6, 6.07) is 7.02. The molecule has 0 bridgehead atoms. The molecule has 0 aliphatic heterocycles. The summed E-state index contributed by atoms with van der Waals surface area (Å²) in [5.74, 6) is -0.900. The van der Waals surface area contributed by atoms with Crippen molar-refractivity contribution in [3.05, 3.63) is 34.2 Å². The SMILES string of the molecule is O=C(O)Cc1sc(NC(=O)C2CC2)nc1-c1ccc(Cl)cc1. The third-order valence-electron chi connectivity index (χ3n) is 3.31. The number of aliphatic carboxylic acids is 1. The highest BCUT2D eigenvalue weighted by Crippen LogP contribution is 2.34. The van der Waals surface area contributed by atoms with Crippen molar-refractivity contribution in [3.8, 4) is 11.3 Å². The zero-order chi connectivity index (χ0) is 15.7. The first-order chi connectivity index (χ1) is 10.5. The largest absolute Gasteiger partial charge is 0.481 e. The van der Waals surface area contributed by atoms with E-state index in [0.717, 1.165) is 18.4 Å². The van der Waals surface area contributed by atoms with E-state index in [2.05, 4.69) is 10.3 Å². The molecule has 2 N–H and O–H groups in total. The molecule has 0 spiro atoms. The molecule has 1 heterocycles. The van der Waals surface area contributed by atoms with Gasteiger partial charge in [0, 0.05) is 21.4 Å². The van der Waals surface area contributed by atoms with E-state index in [4.69, 9.17) is 16.7 Å². The molecule has 1 aromatic heterocycles. The van der Waals surface area contributed by atoms with Crippen molar-refractivity contribution in [3.63, 3.8) is 0 Å². The third kappa shape index (κ3) is 3.45. The molecule has 22 heavy (non-hydrogen) atoms. The van der Waals surface area contributed by atoms with E-state index in [1.165, 1.54) is 11.3 Å². The average Bonchev–Trinajstić information content (AvgIpc) is 3.24. The Bertz CT molecular complexity index is 723. The fourth-order valence-corrected chi connectivity index (χ4v) is 3.15. The van der Waals surface area contributed by atoms with Crippen molar-refractivity contribution < 1.29 is 14.7 Å². The molecule has 1 saturated carbocycles. The Kier molecular flexibility index (Phi) is 4.13. The van der Waals surface area contributed by atoms with Crippen LogP contribution < -0.4 is 5.32 Å². The predicted molar refractivity (Wildman–Crippen MR) is 85.3 cm³/mol. The Balaban J connectivity index is 1.91. The van der Waals surface area contributed by atoms with Gasteiger partial charge in [-0.3, -0.25) is 9.59 Å². The number of carboxylic acid groups (broad SMARTS) is 1. The lowest BCUT2D eigenvalue weighted by Crippen LogP contribution is -2.12. The first-order valence-electron chi connectivity index (χ1n) is 6.81. The zero-order valence-electron chi connectivity index (χ0n) is 11.5. The average molecular weight is 337 g/mol. The summed E-state index contributed by atoms with van der Waals surface area (Å²) in [6.45, 7) is 0. The number of benzene rings is 1. The van der Waals surface area contributed by atoms with Crippen molar-refractivity contribution in [2.45, 2.75) is 19.3 Å². The number of carbonyl (C=O) groups excluding carboxylic acids is 1. The van der Waals surface area contributed by atoms with Gasteiger partial charge in [-0.25, -0.2) is 4.98 Å². The van der Waals surface area contributed by atoms with E-state index in [1.54, 1.807) is 24.3 Å². The maximum atomic E-state index is 11.8. The number of hydrogen-bond acceptors (Lipinski definition) is 4. The molecule has 0 saturated heterocycles. The molecule has 1 aliphatic carbocycles. The van der Waals surface area contributed by atoms with E-state index >= 15 is 0 Å². The molecular formula is C15H13ClN2O3S. The molecule has 5 nitrogen and oxygen atoms in total. The number of thiazole rings is 1. The van der Waals surface area contributed by atoms with Gasteiger partial charge >= 0.3 is 5.97 Å². The van der Waals surface area contributed by atoms with Gasteiger partial charge < -0.3 is 10.4 Å². The minimum atomic E-state index is -0.932. The fraction of sp³-hybridized carbons (Fsp3) is 0.267. The molecule has 1 aromatic carbocycles. The van der Waals surface area contributed by atoms with Crippen LogP contribution in [-0.4, -0.2) is 22.0 Å². The van der Waals surface area contributed by atoms with Gasteiger partial charge in [0.05, 0.1) is 12.1 Å². The molecule has 0 atom stereocenters. The second-order valence-corrected chi connectivity index (χ2v) is 6.65. The van der Waals surface area contributed by atoms with Gasteiger partial charge in [0.25, 0.3) is 0 Å². The number of halogens is 1. The van der Waals surface area contributed by atoms with E-state index in [1.807, 2.05) is 0 Å². The van der Waals surface area contributed by atoms with Crippen LogP contribution in [0.1, 0.15) is 17.7 Å². The van der Waals surface area contributed by atoms with Crippen LogP contribution in [0.4, 0.5) is 5.13 Å². The summed E-state index contributed by atoms with van der Waals surface area (Å²) in [6.07, 6.45) is 1.68. The maximum Gasteiger partial charge on any atom is 0.308 e. The number of amides is 1. The number of carboxylic acids is 1. The summed E-state index contributed by atoms with van der Waals surface area (Å²) in [4.78, 5) is 27.9. The number of rotatable bonds is 5. The van der Waals surface area contributed by atoms with Crippen molar-refractivity contribution in [1.29, 1.82) is 0 Å². The Labute approximate surface area is 136 Å². The van der Waals surface area contributed by atoms with E-state index < -0.39 is 5.97 Å². The highest BCUT2D eigenvalue weighted by atomic mass is 35.5. The number of hydrogen-bond donors (Lipinski definition) is 2. The molecular weight excluding hydrogens is 324 g/mol. The fourth-order valence-electron chi connectivity index (χ4n) is 2.05. The van der Waals surface area contributed by atoms with Gasteiger partial charge in [-0.05, 0) is 25.0 Å². The number of nitrogens with zero attached hydrogens (tertiary/aromatic N) is 1. The van der Waals surface area contributed by atoms with Crippen LogP contribution in [0.5, 0.6) is 0 Å². The lowest BCUT2D eigenvalue weighted by molar-refractivity contribution is -0.136. The Morgan fingerprint density at radius 1 is 1.32 bits per heavy atom. The molecule has 1 aliphatic rings. The standard InChI is InChI=1S/C15H13ClN2O3S/c16-10-5-3-8(4-6-10)13-11(7-12(19)20)22-15(17-13)18-14(21)9-1-2-9/h3-6,9H,1-2,7H2,(H,19,20)(H,17,18,21). The summed E-state index contributed by atoms with van der Waals surface area (Å²) in [5.41, 5.74) is 1.36. The second kappa shape index (κ2) is 6.06. The van der Waals surface area contributed by atoms with Crippen LogP contribution in [0.25, 0.3) is 11.3 Å². The van der Waals surface area contributed by atoms with Gasteiger partial charge in [0.2, 0.25) is 5.91 Å². The summed E-state index contributed by atoms with van der Waals surface area (Å²) in [7, 11) is 0. The smallest absolute Gasteiger partial charge is 0.308 e. The number of anilines is 1. The van der Waals surface area contributed by atoms with E-state index in [0.29, 0.717) is 20.7 Å². The normalized spacial score (nSPS) is 13.9. The summed E-state index contributed by atoms with van der Waals surface area (Å²) in [5, 5.41) is 12.9. The number of carbonyl (C=O) groups is 2. The minimum Gasteiger partial charge on any atom is -0.481 e. The second-order valence-electron chi connectivity index (χ2n) is 5.13. The van der Waals surface area contributed by atoms with Crippen LogP contribution in [0.3, 0.4) is 0 Å². The highest BCUT2D eigenvalue weighted by molar-refractivity contribution is 7.16. The molecule has 7 heteroatoms. The molecule has 114 valence electrons. The van der Waals surface area contributed by atoms with Crippen LogP contribution >= 0.6 is 22.9 Å². The minimum absolute atomic E-state index is 0.0433. The van der Waals surface area contributed by atoms with Gasteiger partial charge in [-0.2, -0.15) is 0 Å². The first-order valence-corrected chi connectivity index (χ1v) is 8.00. The molecule has 2 aromatic rings. The van der Waals surface area contributed by atoms with Crippen LogP contribution in [0, 0.1) is 5.92 Å². The molecule has 0 radical (unpaired) electrons. The third-order valence-corrected chi connectivity index (χ3v) is 4.53. The first kappa shape index (κ1) is 15.0. The lowest BCUT2D eigenvalue weighted by Gasteiger charge is -2.00. The molecule has 1 fully saturated rings. The molecule has 1 amide bonds. The van der Waals surface area contributed by atoms with Crippen molar-refractivity contribution in [2.75, 3.05) is 5.32 Å². The molecule has 0 unspecified atom stereocenters. The van der Waals surface area contributed by atoms with Crippen molar-refractivity contribution in [1.82, 2.24) is 4.98 Å². The topological polar surface area (TPSA) is 79.3 Å². The Morgan fingerprint density at radius 2 is 2.00 bits per heavy atom. The number of aromatic nitrogens is 1. The van der Waals surface area contributed by atoms with Crippen LogP contribution in [0.2, 0.25) is 5.02 Å². The predicted octanol–water partition coefficient (Wildman–Crippen LogP) is 3.44. The van der Waals surface area contributed by atoms with Crippen LogP contribution in [0.15, 0.2) is 24.3 Å². The summed E-state index contributed by atoms with van der Waals surface area (Å²) < 4.78 is 0. The van der Waals surface area contributed by atoms with Gasteiger partial charge in [0.15, 0.2) is 5.13 Å². The Hall–Kier alpha value is -1.92.